The van der Waals surface area contributed by atoms with Gasteiger partial charge in [-0.05, 0) is 25.3 Å². The SMILES string of the molecule is COc1ccc(CNCc2cn(C3CCCCO3)nc2C(=O)O)c(OC)c1. The Hall–Kier alpha value is -2.58. The van der Waals surface area contributed by atoms with Crippen LogP contribution < -0.4 is 14.8 Å². The standard InChI is InChI=1S/C19H25N3O5/c1-25-15-7-6-13(16(9-15)26-2)10-20-11-14-12-22(21-18(14)19(23)24)17-5-3-4-8-27-17/h6-7,9,12,17,20H,3-5,8,10-11H2,1-2H3,(H,23,24). The van der Waals surface area contributed by atoms with Crippen molar-refractivity contribution in [3.05, 3.63) is 41.2 Å². The van der Waals surface area contributed by atoms with Gasteiger partial charge in [-0.15, -0.1) is 0 Å². The van der Waals surface area contributed by atoms with Crippen molar-refractivity contribution < 1.29 is 24.1 Å². The molecule has 8 nitrogen and oxygen atoms in total. The summed E-state index contributed by atoms with van der Waals surface area (Å²) in [4.78, 5) is 11.5. The van der Waals surface area contributed by atoms with Crippen LogP contribution in [0.25, 0.3) is 0 Å². The van der Waals surface area contributed by atoms with Crippen LogP contribution in [0.1, 0.15) is 47.1 Å². The number of benzene rings is 1. The maximum absolute atomic E-state index is 11.5. The van der Waals surface area contributed by atoms with Gasteiger partial charge in [0.1, 0.15) is 17.7 Å². The van der Waals surface area contributed by atoms with Crippen LogP contribution in [0, 0.1) is 0 Å². The summed E-state index contributed by atoms with van der Waals surface area (Å²) in [7, 11) is 3.21. The quantitative estimate of drug-likeness (QED) is 0.732. The third-order valence-electron chi connectivity index (χ3n) is 4.59. The second kappa shape index (κ2) is 8.88. The van der Waals surface area contributed by atoms with Gasteiger partial charge >= 0.3 is 5.97 Å². The van der Waals surface area contributed by atoms with Gasteiger partial charge in [0.15, 0.2) is 5.69 Å². The van der Waals surface area contributed by atoms with Crippen molar-refractivity contribution >= 4 is 5.97 Å². The number of hydrogen-bond donors (Lipinski definition) is 2. The number of hydrogen-bond acceptors (Lipinski definition) is 6. The van der Waals surface area contributed by atoms with Crippen molar-refractivity contribution in [1.29, 1.82) is 0 Å². The molecule has 1 saturated heterocycles. The molecule has 1 aliphatic rings. The highest BCUT2D eigenvalue weighted by molar-refractivity contribution is 5.86. The molecule has 0 aliphatic carbocycles. The predicted octanol–water partition coefficient (Wildman–Crippen LogP) is 2.59. The molecule has 1 atom stereocenters. The Bertz CT molecular complexity index is 784. The molecule has 1 aromatic carbocycles. The number of aromatic nitrogens is 2. The van der Waals surface area contributed by atoms with Gasteiger partial charge in [0.2, 0.25) is 0 Å². The summed E-state index contributed by atoms with van der Waals surface area (Å²) in [5, 5.41) is 16.9. The van der Waals surface area contributed by atoms with Crippen LogP contribution in [0.2, 0.25) is 0 Å². The zero-order valence-corrected chi connectivity index (χ0v) is 15.6. The van der Waals surface area contributed by atoms with Crippen LogP contribution in [-0.2, 0) is 17.8 Å². The number of methoxy groups -OCH3 is 2. The minimum Gasteiger partial charge on any atom is -0.497 e. The summed E-state index contributed by atoms with van der Waals surface area (Å²) >= 11 is 0. The number of nitrogens with zero attached hydrogens (tertiary/aromatic N) is 2. The zero-order valence-electron chi connectivity index (χ0n) is 15.6. The van der Waals surface area contributed by atoms with E-state index in [4.69, 9.17) is 14.2 Å². The molecule has 27 heavy (non-hydrogen) atoms. The fraction of sp³-hybridized carbons (Fsp3) is 0.474. The van der Waals surface area contributed by atoms with Gasteiger partial charge in [-0.25, -0.2) is 9.48 Å². The molecular weight excluding hydrogens is 350 g/mol. The molecule has 0 amide bonds. The lowest BCUT2D eigenvalue weighted by Gasteiger charge is -2.22. The summed E-state index contributed by atoms with van der Waals surface area (Å²) in [6, 6.07) is 5.60. The molecule has 2 aromatic rings. The summed E-state index contributed by atoms with van der Waals surface area (Å²) in [5.41, 5.74) is 1.64. The first-order chi connectivity index (χ1) is 13.1. The highest BCUT2D eigenvalue weighted by atomic mass is 16.5. The molecule has 1 aliphatic heterocycles. The number of carboxylic acids is 1. The van der Waals surface area contributed by atoms with Crippen LogP contribution in [-0.4, -0.2) is 41.7 Å². The minimum atomic E-state index is -1.04. The lowest BCUT2D eigenvalue weighted by Crippen LogP contribution is -2.19. The Kier molecular flexibility index (Phi) is 6.31. The molecule has 1 unspecified atom stereocenters. The lowest BCUT2D eigenvalue weighted by molar-refractivity contribution is -0.0397. The molecular formula is C19H25N3O5. The molecule has 0 bridgehead atoms. The third-order valence-corrected chi connectivity index (χ3v) is 4.59. The van der Waals surface area contributed by atoms with Crippen LogP contribution in [0.4, 0.5) is 0 Å². The fourth-order valence-corrected chi connectivity index (χ4v) is 3.15. The average molecular weight is 375 g/mol. The summed E-state index contributed by atoms with van der Waals surface area (Å²) < 4.78 is 17.9. The molecule has 1 fully saturated rings. The predicted molar refractivity (Wildman–Crippen MR) is 98.1 cm³/mol. The Labute approximate surface area is 158 Å². The monoisotopic (exact) mass is 375 g/mol. The van der Waals surface area contributed by atoms with Crippen LogP contribution in [0.15, 0.2) is 24.4 Å². The number of carboxylic acid groups (broad SMARTS) is 1. The molecule has 8 heteroatoms. The first-order valence-electron chi connectivity index (χ1n) is 8.97. The Morgan fingerprint density at radius 1 is 1.30 bits per heavy atom. The summed E-state index contributed by atoms with van der Waals surface area (Å²) in [6.45, 7) is 1.58. The molecule has 146 valence electrons. The van der Waals surface area contributed by atoms with Crippen LogP contribution >= 0.6 is 0 Å². The first kappa shape index (κ1) is 19.2. The molecule has 0 saturated carbocycles. The minimum absolute atomic E-state index is 0.0540. The van der Waals surface area contributed by atoms with E-state index >= 15 is 0 Å². The molecule has 3 rings (SSSR count). The normalized spacial score (nSPS) is 16.9. The van der Waals surface area contributed by atoms with E-state index in [2.05, 4.69) is 10.4 Å². The van der Waals surface area contributed by atoms with Gasteiger partial charge in [-0.1, -0.05) is 6.07 Å². The summed E-state index contributed by atoms with van der Waals surface area (Å²) in [6.07, 6.45) is 4.50. The smallest absolute Gasteiger partial charge is 0.356 e. The van der Waals surface area contributed by atoms with Crippen molar-refractivity contribution in [3.63, 3.8) is 0 Å². The van der Waals surface area contributed by atoms with E-state index in [1.54, 1.807) is 25.1 Å². The molecule has 2 heterocycles. The maximum atomic E-state index is 11.5. The van der Waals surface area contributed by atoms with E-state index in [9.17, 15) is 9.90 Å². The van der Waals surface area contributed by atoms with E-state index in [-0.39, 0.29) is 11.9 Å². The highest BCUT2D eigenvalue weighted by Crippen LogP contribution is 2.25. The van der Waals surface area contributed by atoms with Gasteiger partial charge in [0, 0.05) is 43.1 Å². The first-order valence-corrected chi connectivity index (χ1v) is 8.97. The molecule has 1 aromatic heterocycles. The number of aromatic carboxylic acids is 1. The van der Waals surface area contributed by atoms with Crippen molar-refractivity contribution in [2.45, 2.75) is 38.6 Å². The Morgan fingerprint density at radius 2 is 2.11 bits per heavy atom. The van der Waals surface area contributed by atoms with Crippen LogP contribution in [0.3, 0.4) is 0 Å². The Morgan fingerprint density at radius 3 is 2.78 bits per heavy atom. The summed E-state index contributed by atoms with van der Waals surface area (Å²) in [5.74, 6) is 0.396. The second-order valence-electron chi connectivity index (χ2n) is 6.39. The van der Waals surface area contributed by atoms with Crippen molar-refractivity contribution in [3.8, 4) is 11.5 Å². The molecule has 0 spiro atoms. The van der Waals surface area contributed by atoms with E-state index in [0.717, 1.165) is 30.6 Å². The molecule has 2 N–H and O–H groups in total. The van der Waals surface area contributed by atoms with E-state index in [0.29, 0.717) is 31.0 Å². The highest BCUT2D eigenvalue weighted by Gasteiger charge is 2.22. The number of rotatable bonds is 8. The fourth-order valence-electron chi connectivity index (χ4n) is 3.15. The number of ether oxygens (including phenoxy) is 3. The largest absolute Gasteiger partial charge is 0.497 e. The third kappa shape index (κ3) is 4.58. The van der Waals surface area contributed by atoms with Crippen molar-refractivity contribution in [2.24, 2.45) is 0 Å². The molecule has 0 radical (unpaired) electrons. The lowest BCUT2D eigenvalue weighted by atomic mass is 10.1. The topological polar surface area (TPSA) is 94.8 Å². The van der Waals surface area contributed by atoms with Gasteiger partial charge in [0.25, 0.3) is 0 Å². The van der Waals surface area contributed by atoms with Crippen molar-refractivity contribution in [1.82, 2.24) is 15.1 Å². The van der Waals surface area contributed by atoms with E-state index in [1.807, 2.05) is 18.2 Å². The van der Waals surface area contributed by atoms with Crippen LogP contribution in [0.5, 0.6) is 11.5 Å². The van der Waals surface area contributed by atoms with E-state index in [1.165, 1.54) is 0 Å². The average Bonchev–Trinajstić information content (AvgIpc) is 3.13. The van der Waals surface area contributed by atoms with E-state index < -0.39 is 5.97 Å². The van der Waals surface area contributed by atoms with Crippen molar-refractivity contribution in [2.75, 3.05) is 20.8 Å². The number of nitrogens with one attached hydrogen (secondary N) is 1. The van der Waals surface area contributed by atoms with Gasteiger partial charge < -0.3 is 24.6 Å². The van der Waals surface area contributed by atoms with Gasteiger partial charge in [0.05, 0.1) is 14.2 Å². The number of carbonyl (C=O) groups is 1. The van der Waals surface area contributed by atoms with Gasteiger partial charge in [-0.2, -0.15) is 5.10 Å². The zero-order chi connectivity index (χ0) is 19.2. The Balaban J connectivity index is 1.68. The maximum Gasteiger partial charge on any atom is 0.356 e. The second-order valence-corrected chi connectivity index (χ2v) is 6.39. The van der Waals surface area contributed by atoms with Gasteiger partial charge in [-0.3, -0.25) is 0 Å².